The molecule has 5 rings (SSSR count). The van der Waals surface area contributed by atoms with E-state index in [1.165, 1.54) is 0 Å². The molecule has 3 heterocycles. The minimum atomic E-state index is -0.253. The molecule has 0 saturated heterocycles. The van der Waals surface area contributed by atoms with E-state index in [0.29, 0.717) is 40.3 Å². The number of aromatic nitrogens is 4. The number of methoxy groups -OCH3 is 1. The zero-order chi connectivity index (χ0) is 23.5. The third-order valence-electron chi connectivity index (χ3n) is 5.61. The molecular weight excluding hydrogens is 426 g/mol. The zero-order valence-electron chi connectivity index (χ0n) is 18.9. The van der Waals surface area contributed by atoms with Gasteiger partial charge in [0.05, 0.1) is 42.2 Å². The van der Waals surface area contributed by atoms with Gasteiger partial charge in [0.15, 0.2) is 5.65 Å². The summed E-state index contributed by atoms with van der Waals surface area (Å²) in [7, 11) is 1.58. The molecule has 0 bridgehead atoms. The molecule has 0 radical (unpaired) electrons. The Kier molecular flexibility index (Phi) is 5.74. The van der Waals surface area contributed by atoms with Crippen molar-refractivity contribution in [3.8, 4) is 17.0 Å². The molecule has 0 unspecified atom stereocenters. The van der Waals surface area contributed by atoms with Crippen LogP contribution >= 0.6 is 0 Å². The van der Waals surface area contributed by atoms with E-state index in [1.54, 1.807) is 30.4 Å². The number of carbonyl (C=O) groups is 1. The first-order chi connectivity index (χ1) is 16.6. The summed E-state index contributed by atoms with van der Waals surface area (Å²) in [6.07, 6.45) is 5.19. The largest absolute Gasteiger partial charge is 0.495 e. The standard InChI is InChI=1S/C27H23N5O2/c1-18-8-9-25(34-2)24(14-18)31-27(33)21-15-23(20-6-4-3-5-7-20)30-26-22(21)16-29-32(26)17-19-10-12-28-13-11-19/h3-16H,17H2,1-2H3,(H,31,33). The molecule has 7 heteroatoms. The van der Waals surface area contributed by atoms with Crippen LogP contribution in [0.1, 0.15) is 21.5 Å². The molecule has 0 spiro atoms. The van der Waals surface area contributed by atoms with E-state index in [2.05, 4.69) is 15.4 Å². The fraction of sp³-hybridized carbons (Fsp3) is 0.111. The first-order valence-corrected chi connectivity index (χ1v) is 10.9. The second kappa shape index (κ2) is 9.15. The predicted octanol–water partition coefficient (Wildman–Crippen LogP) is 5.11. The van der Waals surface area contributed by atoms with Gasteiger partial charge in [-0.25, -0.2) is 9.67 Å². The highest BCUT2D eigenvalue weighted by Crippen LogP contribution is 2.29. The molecule has 1 N–H and O–H groups in total. The van der Waals surface area contributed by atoms with Gasteiger partial charge in [0.1, 0.15) is 5.75 Å². The van der Waals surface area contributed by atoms with E-state index < -0.39 is 0 Å². The Morgan fingerprint density at radius 2 is 1.82 bits per heavy atom. The lowest BCUT2D eigenvalue weighted by atomic mass is 10.1. The summed E-state index contributed by atoms with van der Waals surface area (Å²) in [4.78, 5) is 22.5. The van der Waals surface area contributed by atoms with Gasteiger partial charge in [-0.3, -0.25) is 9.78 Å². The topological polar surface area (TPSA) is 81.9 Å². The summed E-state index contributed by atoms with van der Waals surface area (Å²) in [5.74, 6) is 0.345. The maximum Gasteiger partial charge on any atom is 0.256 e. The summed E-state index contributed by atoms with van der Waals surface area (Å²) < 4.78 is 7.25. The summed E-state index contributed by atoms with van der Waals surface area (Å²) in [6, 6.07) is 21.2. The maximum absolute atomic E-state index is 13.5. The predicted molar refractivity (Wildman–Crippen MR) is 132 cm³/mol. The molecular formula is C27H23N5O2. The SMILES string of the molecule is COc1ccc(C)cc1NC(=O)c1cc(-c2ccccc2)nc2c1cnn2Cc1ccncc1. The van der Waals surface area contributed by atoms with Gasteiger partial charge in [-0.2, -0.15) is 5.10 Å². The van der Waals surface area contributed by atoms with Gasteiger partial charge in [-0.05, 0) is 48.4 Å². The van der Waals surface area contributed by atoms with Crippen LogP contribution in [0.25, 0.3) is 22.3 Å². The highest BCUT2D eigenvalue weighted by Gasteiger charge is 2.19. The average molecular weight is 450 g/mol. The molecule has 168 valence electrons. The fourth-order valence-electron chi connectivity index (χ4n) is 3.88. The van der Waals surface area contributed by atoms with Gasteiger partial charge in [-0.1, -0.05) is 36.4 Å². The Labute approximate surface area is 197 Å². The Hall–Kier alpha value is -4.52. The van der Waals surface area contributed by atoms with E-state index in [4.69, 9.17) is 9.72 Å². The van der Waals surface area contributed by atoms with Crippen LogP contribution in [0.2, 0.25) is 0 Å². The van der Waals surface area contributed by atoms with Crippen molar-refractivity contribution in [3.05, 3.63) is 102 Å². The van der Waals surface area contributed by atoms with Crippen LogP contribution in [-0.4, -0.2) is 32.8 Å². The molecule has 0 fully saturated rings. The number of benzene rings is 2. The minimum Gasteiger partial charge on any atom is -0.495 e. The quantitative estimate of drug-likeness (QED) is 0.390. The van der Waals surface area contributed by atoms with E-state index in [-0.39, 0.29) is 5.91 Å². The van der Waals surface area contributed by atoms with E-state index >= 15 is 0 Å². The number of fused-ring (bicyclic) bond motifs is 1. The number of aryl methyl sites for hydroxylation is 1. The summed E-state index contributed by atoms with van der Waals surface area (Å²) in [5, 5.41) is 8.24. The third kappa shape index (κ3) is 4.23. The number of pyridine rings is 2. The van der Waals surface area contributed by atoms with Crippen molar-refractivity contribution >= 4 is 22.6 Å². The lowest BCUT2D eigenvalue weighted by Crippen LogP contribution is -2.14. The number of carbonyl (C=O) groups excluding carboxylic acids is 1. The van der Waals surface area contributed by atoms with Crippen molar-refractivity contribution in [1.29, 1.82) is 0 Å². The maximum atomic E-state index is 13.5. The molecule has 0 aliphatic heterocycles. The number of hydrogen-bond donors (Lipinski definition) is 1. The number of hydrogen-bond acceptors (Lipinski definition) is 5. The lowest BCUT2D eigenvalue weighted by Gasteiger charge is -2.13. The van der Waals surface area contributed by atoms with E-state index in [0.717, 1.165) is 16.7 Å². The van der Waals surface area contributed by atoms with E-state index in [1.807, 2.05) is 73.7 Å². The monoisotopic (exact) mass is 449 g/mol. The molecule has 0 atom stereocenters. The van der Waals surface area contributed by atoms with E-state index in [9.17, 15) is 4.79 Å². The smallest absolute Gasteiger partial charge is 0.256 e. The van der Waals surface area contributed by atoms with Crippen LogP contribution < -0.4 is 10.1 Å². The Morgan fingerprint density at radius 3 is 2.59 bits per heavy atom. The van der Waals surface area contributed by atoms with Gasteiger partial charge >= 0.3 is 0 Å². The number of rotatable bonds is 6. The molecule has 2 aromatic carbocycles. The molecule has 7 nitrogen and oxygen atoms in total. The number of ether oxygens (including phenoxy) is 1. The van der Waals surface area contributed by atoms with Crippen molar-refractivity contribution < 1.29 is 9.53 Å². The Balaban J connectivity index is 1.61. The molecule has 0 aliphatic rings. The molecule has 0 aliphatic carbocycles. The van der Waals surface area contributed by atoms with Gasteiger partial charge in [0, 0.05) is 18.0 Å². The highest BCUT2D eigenvalue weighted by molar-refractivity contribution is 6.13. The fourth-order valence-corrected chi connectivity index (χ4v) is 3.88. The van der Waals surface area contributed by atoms with Crippen LogP contribution in [0.4, 0.5) is 5.69 Å². The second-order valence-corrected chi connectivity index (χ2v) is 7.97. The number of amides is 1. The van der Waals surface area contributed by atoms with Crippen molar-refractivity contribution in [2.45, 2.75) is 13.5 Å². The van der Waals surface area contributed by atoms with Crippen LogP contribution in [0.3, 0.4) is 0 Å². The van der Waals surface area contributed by atoms with Crippen molar-refractivity contribution in [3.63, 3.8) is 0 Å². The summed E-state index contributed by atoms with van der Waals surface area (Å²) in [5.41, 5.74) is 5.43. The van der Waals surface area contributed by atoms with Gasteiger partial charge in [-0.15, -0.1) is 0 Å². The lowest BCUT2D eigenvalue weighted by molar-refractivity contribution is 0.102. The highest BCUT2D eigenvalue weighted by atomic mass is 16.5. The molecule has 34 heavy (non-hydrogen) atoms. The van der Waals surface area contributed by atoms with Gasteiger partial charge < -0.3 is 10.1 Å². The summed E-state index contributed by atoms with van der Waals surface area (Å²) in [6.45, 7) is 2.49. The van der Waals surface area contributed by atoms with Crippen LogP contribution in [0.15, 0.2) is 85.3 Å². The molecule has 1 amide bonds. The van der Waals surface area contributed by atoms with Crippen LogP contribution in [0, 0.1) is 6.92 Å². The van der Waals surface area contributed by atoms with Crippen LogP contribution in [-0.2, 0) is 6.54 Å². The molecule has 0 saturated carbocycles. The molecule has 5 aromatic rings. The number of anilines is 1. The van der Waals surface area contributed by atoms with Crippen molar-refractivity contribution in [2.75, 3.05) is 12.4 Å². The first-order valence-electron chi connectivity index (χ1n) is 10.9. The number of nitrogens with zero attached hydrogens (tertiary/aromatic N) is 4. The average Bonchev–Trinajstić information content (AvgIpc) is 3.27. The first kappa shape index (κ1) is 21.3. The number of nitrogens with one attached hydrogen (secondary N) is 1. The Morgan fingerprint density at radius 1 is 1.03 bits per heavy atom. The Bertz CT molecular complexity index is 1460. The minimum absolute atomic E-state index is 0.253. The third-order valence-corrected chi connectivity index (χ3v) is 5.61. The van der Waals surface area contributed by atoms with Gasteiger partial charge in [0.2, 0.25) is 0 Å². The van der Waals surface area contributed by atoms with Crippen molar-refractivity contribution in [2.24, 2.45) is 0 Å². The van der Waals surface area contributed by atoms with Gasteiger partial charge in [0.25, 0.3) is 5.91 Å². The van der Waals surface area contributed by atoms with Crippen LogP contribution in [0.5, 0.6) is 5.75 Å². The molecule has 3 aromatic heterocycles. The summed E-state index contributed by atoms with van der Waals surface area (Å²) >= 11 is 0. The second-order valence-electron chi connectivity index (χ2n) is 7.97. The normalized spacial score (nSPS) is 10.9. The zero-order valence-corrected chi connectivity index (χ0v) is 18.9. The van der Waals surface area contributed by atoms with Crippen molar-refractivity contribution in [1.82, 2.24) is 19.7 Å².